The minimum Gasteiger partial charge on any atom is -0.346 e. The van der Waals surface area contributed by atoms with Crippen LogP contribution in [0, 0.1) is 13.8 Å². The molecule has 2 bridgehead atoms. The van der Waals surface area contributed by atoms with Gasteiger partial charge in [0.15, 0.2) is 0 Å². The van der Waals surface area contributed by atoms with E-state index < -0.39 is 5.41 Å². The van der Waals surface area contributed by atoms with Crippen LogP contribution in [0.2, 0.25) is 0 Å². The third-order valence-electron chi connectivity index (χ3n) is 11.2. The molecule has 242 valence electrons. The molecule has 4 fully saturated rings. The number of carbonyl (C=O) groups is 2. The Morgan fingerprint density at radius 2 is 1.49 bits per heavy atom. The Kier molecular flexibility index (Phi) is 8.36. The number of aryl methyl sites for hydroxylation is 2. The standard InChI is InChI=1S/C37H51N5O2S/c1-24-18-25(2)20-27(19-24)34-33(26(3)22-39-14-16-40(17-15-39)23-32(43)41-12-6-7-13-41)30-21-31(45-35(30)38-34)37(4,5)36(44)42-28-8-9-29(42)11-10-28/h18-21,26,28-29,38H,6-17,22-23H2,1-5H3/t26-,28?,29?/m1/s1. The quantitative estimate of drug-likeness (QED) is 0.318. The monoisotopic (exact) mass is 629 g/mol. The Morgan fingerprint density at radius 1 is 0.889 bits per heavy atom. The minimum atomic E-state index is -0.543. The Labute approximate surface area is 272 Å². The smallest absolute Gasteiger partial charge is 0.236 e. The first-order valence-electron chi connectivity index (χ1n) is 17.4. The van der Waals surface area contributed by atoms with E-state index in [1.54, 1.807) is 11.3 Å². The van der Waals surface area contributed by atoms with Crippen LogP contribution in [0.1, 0.15) is 86.8 Å². The predicted molar refractivity (Wildman–Crippen MR) is 184 cm³/mol. The van der Waals surface area contributed by atoms with E-state index in [9.17, 15) is 9.59 Å². The lowest BCUT2D eigenvalue weighted by atomic mass is 9.88. The van der Waals surface area contributed by atoms with E-state index in [0.29, 0.717) is 36.4 Å². The number of piperazine rings is 1. The number of nitrogens with one attached hydrogen (secondary N) is 1. The number of hydrogen-bond acceptors (Lipinski definition) is 5. The number of aromatic amines is 1. The van der Waals surface area contributed by atoms with Crippen LogP contribution in [-0.4, -0.2) is 101 Å². The molecule has 2 aromatic heterocycles. The highest BCUT2D eigenvalue weighted by atomic mass is 32.1. The number of likely N-dealkylation sites (tertiary alicyclic amines) is 1. The van der Waals surface area contributed by atoms with Gasteiger partial charge in [-0.15, -0.1) is 11.3 Å². The summed E-state index contributed by atoms with van der Waals surface area (Å²) in [5.41, 5.74) is 5.84. The van der Waals surface area contributed by atoms with Gasteiger partial charge in [0, 0.05) is 68.2 Å². The van der Waals surface area contributed by atoms with Crippen molar-refractivity contribution in [3.63, 3.8) is 0 Å². The fraction of sp³-hybridized carbons (Fsp3) is 0.622. The molecule has 8 heteroatoms. The Hall–Kier alpha value is -2.68. The molecule has 1 N–H and O–H groups in total. The second-order valence-corrected chi connectivity index (χ2v) is 16.1. The number of carbonyl (C=O) groups excluding carboxylic acids is 2. The highest BCUT2D eigenvalue weighted by Crippen LogP contribution is 2.46. The molecule has 0 aliphatic carbocycles. The molecule has 4 saturated heterocycles. The van der Waals surface area contributed by atoms with E-state index in [2.05, 4.69) is 78.6 Å². The molecular weight excluding hydrogens is 579 g/mol. The number of H-pyrrole nitrogens is 1. The van der Waals surface area contributed by atoms with E-state index in [0.717, 1.165) is 63.5 Å². The summed E-state index contributed by atoms with van der Waals surface area (Å²) >= 11 is 1.77. The van der Waals surface area contributed by atoms with Crippen molar-refractivity contribution in [2.45, 2.75) is 96.6 Å². The van der Waals surface area contributed by atoms with Crippen molar-refractivity contribution in [1.82, 2.24) is 24.6 Å². The molecule has 7 rings (SSSR count). The van der Waals surface area contributed by atoms with Crippen LogP contribution in [0.4, 0.5) is 0 Å². The Morgan fingerprint density at radius 3 is 2.11 bits per heavy atom. The highest BCUT2D eigenvalue weighted by molar-refractivity contribution is 7.19. The molecule has 0 spiro atoms. The van der Waals surface area contributed by atoms with Crippen LogP contribution in [0.15, 0.2) is 24.3 Å². The molecule has 1 atom stereocenters. The van der Waals surface area contributed by atoms with Crippen LogP contribution < -0.4 is 0 Å². The molecule has 4 aliphatic rings. The van der Waals surface area contributed by atoms with E-state index in [1.807, 2.05) is 4.90 Å². The van der Waals surface area contributed by atoms with Gasteiger partial charge in [-0.1, -0.05) is 24.1 Å². The Bertz CT molecular complexity index is 1530. The van der Waals surface area contributed by atoms with Crippen molar-refractivity contribution < 1.29 is 9.59 Å². The third-order valence-corrected chi connectivity index (χ3v) is 12.6. The topological polar surface area (TPSA) is 62.9 Å². The molecule has 3 aromatic rings. The maximum Gasteiger partial charge on any atom is 0.236 e. The summed E-state index contributed by atoms with van der Waals surface area (Å²) in [4.78, 5) is 42.2. The molecule has 0 saturated carbocycles. The second-order valence-electron chi connectivity index (χ2n) is 15.0. The predicted octanol–water partition coefficient (Wildman–Crippen LogP) is 6.29. The van der Waals surface area contributed by atoms with E-state index >= 15 is 0 Å². The first kappa shape index (κ1) is 30.9. The van der Waals surface area contributed by atoms with Crippen molar-refractivity contribution in [3.05, 3.63) is 45.8 Å². The number of hydrogen-bond donors (Lipinski definition) is 1. The van der Waals surface area contributed by atoms with Crippen molar-refractivity contribution in [2.75, 3.05) is 52.4 Å². The van der Waals surface area contributed by atoms with Crippen molar-refractivity contribution in [3.8, 4) is 11.3 Å². The molecule has 45 heavy (non-hydrogen) atoms. The average molecular weight is 630 g/mol. The van der Waals surface area contributed by atoms with Gasteiger partial charge in [0.1, 0.15) is 4.83 Å². The van der Waals surface area contributed by atoms with Gasteiger partial charge in [0.2, 0.25) is 11.8 Å². The van der Waals surface area contributed by atoms with Crippen LogP contribution in [0.5, 0.6) is 0 Å². The molecular formula is C37H51N5O2S. The summed E-state index contributed by atoms with van der Waals surface area (Å²) < 4.78 is 0. The van der Waals surface area contributed by atoms with E-state index in [1.165, 1.54) is 63.8 Å². The summed E-state index contributed by atoms with van der Waals surface area (Å²) in [7, 11) is 0. The normalized spacial score (nSPS) is 23.5. The zero-order chi connectivity index (χ0) is 31.5. The Balaban J connectivity index is 1.13. The molecule has 0 unspecified atom stereocenters. The van der Waals surface area contributed by atoms with Crippen molar-refractivity contribution in [1.29, 1.82) is 0 Å². The van der Waals surface area contributed by atoms with Crippen molar-refractivity contribution >= 4 is 33.4 Å². The summed E-state index contributed by atoms with van der Waals surface area (Å²) in [5, 5.41) is 1.27. The third kappa shape index (κ3) is 5.87. The summed E-state index contributed by atoms with van der Waals surface area (Å²) in [6.45, 7) is 18.2. The number of rotatable bonds is 8. The van der Waals surface area contributed by atoms with Gasteiger partial charge >= 0.3 is 0 Å². The van der Waals surface area contributed by atoms with Gasteiger partial charge in [0.05, 0.1) is 17.7 Å². The van der Waals surface area contributed by atoms with Gasteiger partial charge in [-0.05, 0) is 101 Å². The first-order chi connectivity index (χ1) is 21.6. The molecule has 7 nitrogen and oxygen atoms in total. The largest absolute Gasteiger partial charge is 0.346 e. The fourth-order valence-electron chi connectivity index (χ4n) is 8.70. The SMILES string of the molecule is Cc1cc(C)cc(-c2[nH]c3sc(C(C)(C)C(=O)N4C5CCC4CC5)cc3c2[C@H](C)CN2CCN(CC(=O)N3CCCC3)CC2)c1. The average Bonchev–Trinajstić information content (AvgIpc) is 3.83. The molecule has 2 amide bonds. The number of aromatic nitrogens is 1. The zero-order valence-corrected chi connectivity index (χ0v) is 28.8. The maximum absolute atomic E-state index is 14.0. The lowest BCUT2D eigenvalue weighted by Gasteiger charge is -2.36. The maximum atomic E-state index is 14.0. The lowest BCUT2D eigenvalue weighted by molar-refractivity contribution is -0.137. The number of nitrogens with zero attached hydrogens (tertiary/aromatic N) is 4. The van der Waals surface area contributed by atoms with Gasteiger partial charge in [-0.2, -0.15) is 0 Å². The van der Waals surface area contributed by atoms with Crippen LogP contribution >= 0.6 is 11.3 Å². The second kappa shape index (κ2) is 12.2. The van der Waals surface area contributed by atoms with Crippen molar-refractivity contribution in [2.24, 2.45) is 0 Å². The van der Waals surface area contributed by atoms with Crippen LogP contribution in [0.3, 0.4) is 0 Å². The molecule has 4 aliphatic heterocycles. The summed E-state index contributed by atoms with van der Waals surface area (Å²) in [6.07, 6.45) is 6.96. The zero-order valence-electron chi connectivity index (χ0n) is 28.0. The van der Waals surface area contributed by atoms with E-state index in [4.69, 9.17) is 0 Å². The van der Waals surface area contributed by atoms with Crippen LogP contribution in [-0.2, 0) is 15.0 Å². The molecule has 0 radical (unpaired) electrons. The molecule has 6 heterocycles. The fourth-order valence-corrected chi connectivity index (χ4v) is 9.88. The van der Waals surface area contributed by atoms with E-state index in [-0.39, 0.29) is 0 Å². The summed E-state index contributed by atoms with van der Waals surface area (Å²) in [6, 6.07) is 10.1. The number of amides is 2. The minimum absolute atomic E-state index is 0.300. The number of fused-ring (bicyclic) bond motifs is 3. The van der Waals surface area contributed by atoms with Gasteiger partial charge in [-0.3, -0.25) is 14.5 Å². The molecule has 1 aromatic carbocycles. The first-order valence-corrected chi connectivity index (χ1v) is 18.2. The van der Waals surface area contributed by atoms with Gasteiger partial charge in [0.25, 0.3) is 0 Å². The van der Waals surface area contributed by atoms with Gasteiger partial charge < -0.3 is 19.7 Å². The van der Waals surface area contributed by atoms with Crippen LogP contribution in [0.25, 0.3) is 21.5 Å². The summed E-state index contributed by atoms with van der Waals surface area (Å²) in [5.74, 6) is 0.916. The highest BCUT2D eigenvalue weighted by Gasteiger charge is 2.47. The lowest BCUT2D eigenvalue weighted by Crippen LogP contribution is -2.50. The number of benzene rings is 1. The van der Waals surface area contributed by atoms with Gasteiger partial charge in [-0.25, -0.2) is 0 Å². The number of thiophene rings is 1.